The predicted octanol–water partition coefficient (Wildman–Crippen LogP) is 0.314. The van der Waals surface area contributed by atoms with Gasteiger partial charge in [-0.2, -0.15) is 0 Å². The van der Waals surface area contributed by atoms with Crippen LogP contribution >= 0.6 is 0 Å². The van der Waals surface area contributed by atoms with Crippen LogP contribution in [-0.2, 0) is 9.84 Å². The van der Waals surface area contributed by atoms with E-state index in [0.717, 1.165) is 0 Å². The zero-order chi connectivity index (χ0) is 11.7. The van der Waals surface area contributed by atoms with E-state index in [1.807, 2.05) is 13.8 Å². The minimum atomic E-state index is -2.87. The van der Waals surface area contributed by atoms with Crippen molar-refractivity contribution in [3.05, 3.63) is 0 Å². The first-order valence-electron chi connectivity index (χ1n) is 5.36. The Hall–Kier alpha value is -0.130. The van der Waals surface area contributed by atoms with Crippen LogP contribution in [0.2, 0.25) is 0 Å². The van der Waals surface area contributed by atoms with Crippen molar-refractivity contribution in [3.63, 3.8) is 0 Å². The number of aliphatic hydroxyl groups is 1. The highest BCUT2D eigenvalue weighted by molar-refractivity contribution is 7.91. The van der Waals surface area contributed by atoms with Crippen molar-refractivity contribution in [2.45, 2.75) is 44.8 Å². The Morgan fingerprint density at radius 2 is 2.13 bits per heavy atom. The topological polar surface area (TPSA) is 66.4 Å². The maximum absolute atomic E-state index is 11.3. The first-order chi connectivity index (χ1) is 6.68. The molecule has 1 heterocycles. The summed E-state index contributed by atoms with van der Waals surface area (Å²) >= 11 is 0. The van der Waals surface area contributed by atoms with Crippen molar-refractivity contribution in [1.82, 2.24) is 5.32 Å². The summed E-state index contributed by atoms with van der Waals surface area (Å²) in [6.45, 7) is 6.01. The van der Waals surface area contributed by atoms with Crippen molar-refractivity contribution in [3.8, 4) is 0 Å². The lowest BCUT2D eigenvalue weighted by atomic mass is 9.98. The van der Waals surface area contributed by atoms with Crippen LogP contribution in [-0.4, -0.2) is 42.7 Å². The summed E-state index contributed by atoms with van der Waals surface area (Å²) in [6.07, 6.45) is 1.29. The average molecular weight is 235 g/mol. The molecular weight excluding hydrogens is 214 g/mol. The van der Waals surface area contributed by atoms with Crippen LogP contribution in [0.3, 0.4) is 0 Å². The monoisotopic (exact) mass is 235 g/mol. The summed E-state index contributed by atoms with van der Waals surface area (Å²) in [6, 6.07) is 0. The molecule has 1 aliphatic rings. The normalized spacial score (nSPS) is 33.9. The van der Waals surface area contributed by atoms with E-state index >= 15 is 0 Å². The summed E-state index contributed by atoms with van der Waals surface area (Å²) in [5.74, 6) is 0.435. The van der Waals surface area contributed by atoms with Crippen LogP contribution in [0.5, 0.6) is 0 Å². The van der Waals surface area contributed by atoms with E-state index in [1.165, 1.54) is 0 Å². The maximum atomic E-state index is 11.3. The highest BCUT2D eigenvalue weighted by Crippen LogP contribution is 2.23. The van der Waals surface area contributed by atoms with Gasteiger partial charge in [-0.1, -0.05) is 6.92 Å². The lowest BCUT2D eigenvalue weighted by molar-refractivity contribution is 0.0487. The SMILES string of the molecule is CCC(C)(O)CNC1(C)CCS(=O)(=O)C1. The molecule has 1 rings (SSSR count). The van der Waals surface area contributed by atoms with Gasteiger partial charge in [-0.05, 0) is 26.7 Å². The van der Waals surface area contributed by atoms with E-state index < -0.39 is 15.4 Å². The highest BCUT2D eigenvalue weighted by Gasteiger charge is 2.38. The first-order valence-corrected chi connectivity index (χ1v) is 7.18. The van der Waals surface area contributed by atoms with Gasteiger partial charge in [0.2, 0.25) is 0 Å². The molecule has 2 N–H and O–H groups in total. The molecule has 0 radical (unpaired) electrons. The van der Waals surface area contributed by atoms with Crippen molar-refractivity contribution in [2.24, 2.45) is 0 Å². The van der Waals surface area contributed by atoms with E-state index in [9.17, 15) is 13.5 Å². The molecule has 1 saturated heterocycles. The number of hydrogen-bond acceptors (Lipinski definition) is 4. The van der Waals surface area contributed by atoms with Gasteiger partial charge < -0.3 is 10.4 Å². The summed E-state index contributed by atoms with van der Waals surface area (Å²) in [5.41, 5.74) is -1.12. The van der Waals surface area contributed by atoms with Gasteiger partial charge >= 0.3 is 0 Å². The van der Waals surface area contributed by atoms with Crippen LogP contribution in [0.25, 0.3) is 0 Å². The van der Waals surface area contributed by atoms with Crippen molar-refractivity contribution in [2.75, 3.05) is 18.1 Å². The van der Waals surface area contributed by atoms with Crippen LogP contribution in [0.1, 0.15) is 33.6 Å². The molecule has 2 atom stereocenters. The van der Waals surface area contributed by atoms with Gasteiger partial charge in [-0.25, -0.2) is 8.42 Å². The minimum Gasteiger partial charge on any atom is -0.389 e. The summed E-state index contributed by atoms with van der Waals surface area (Å²) in [5, 5.41) is 13.0. The smallest absolute Gasteiger partial charge is 0.152 e. The summed E-state index contributed by atoms with van der Waals surface area (Å²) < 4.78 is 22.7. The number of sulfone groups is 1. The molecule has 1 fully saturated rings. The van der Waals surface area contributed by atoms with Crippen molar-refractivity contribution in [1.29, 1.82) is 0 Å². The van der Waals surface area contributed by atoms with Gasteiger partial charge in [-0.15, -0.1) is 0 Å². The highest BCUT2D eigenvalue weighted by atomic mass is 32.2. The third kappa shape index (κ3) is 3.74. The average Bonchev–Trinajstić information content (AvgIpc) is 2.39. The zero-order valence-corrected chi connectivity index (χ0v) is 10.5. The van der Waals surface area contributed by atoms with Crippen LogP contribution in [0, 0.1) is 0 Å². The lowest BCUT2D eigenvalue weighted by Crippen LogP contribution is -2.50. The molecule has 2 unspecified atom stereocenters. The second-order valence-corrected chi connectivity index (χ2v) is 7.29. The minimum absolute atomic E-state index is 0.180. The molecule has 0 saturated carbocycles. The van der Waals surface area contributed by atoms with Crippen molar-refractivity contribution >= 4 is 9.84 Å². The van der Waals surface area contributed by atoms with E-state index in [0.29, 0.717) is 19.4 Å². The molecule has 5 heteroatoms. The quantitative estimate of drug-likeness (QED) is 0.736. The molecule has 0 aliphatic carbocycles. The Bertz CT molecular complexity index is 324. The molecular formula is C10H21NO3S. The van der Waals surface area contributed by atoms with Gasteiger partial charge in [0.1, 0.15) is 0 Å². The van der Waals surface area contributed by atoms with Crippen LogP contribution in [0.4, 0.5) is 0 Å². The fourth-order valence-electron chi connectivity index (χ4n) is 1.68. The van der Waals surface area contributed by atoms with Gasteiger partial charge in [0.25, 0.3) is 0 Å². The fraction of sp³-hybridized carbons (Fsp3) is 1.00. The van der Waals surface area contributed by atoms with E-state index in [-0.39, 0.29) is 17.0 Å². The van der Waals surface area contributed by atoms with Crippen molar-refractivity contribution < 1.29 is 13.5 Å². The Kier molecular flexibility index (Phi) is 3.48. The number of rotatable bonds is 4. The zero-order valence-electron chi connectivity index (χ0n) is 9.71. The molecule has 15 heavy (non-hydrogen) atoms. The number of nitrogens with one attached hydrogen (secondary N) is 1. The molecule has 0 spiro atoms. The second kappa shape index (κ2) is 4.03. The predicted molar refractivity (Wildman–Crippen MR) is 60.6 cm³/mol. The van der Waals surface area contributed by atoms with E-state index in [2.05, 4.69) is 5.32 Å². The third-order valence-corrected chi connectivity index (χ3v) is 5.06. The largest absolute Gasteiger partial charge is 0.389 e. The molecule has 0 amide bonds. The number of β-amino-alcohol motifs (C(OH)–C–C–N with tert-alkyl or cyclic N) is 1. The Morgan fingerprint density at radius 3 is 2.53 bits per heavy atom. The summed E-state index contributed by atoms with van der Waals surface area (Å²) in [7, 11) is -2.87. The van der Waals surface area contributed by atoms with Crippen LogP contribution < -0.4 is 5.32 Å². The van der Waals surface area contributed by atoms with E-state index in [1.54, 1.807) is 6.92 Å². The van der Waals surface area contributed by atoms with Gasteiger partial charge in [0.15, 0.2) is 9.84 Å². The van der Waals surface area contributed by atoms with Gasteiger partial charge in [0.05, 0.1) is 17.1 Å². The second-order valence-electron chi connectivity index (χ2n) is 5.11. The summed E-state index contributed by atoms with van der Waals surface area (Å²) in [4.78, 5) is 0. The third-order valence-electron chi connectivity index (χ3n) is 3.16. The van der Waals surface area contributed by atoms with Gasteiger partial charge in [-0.3, -0.25) is 0 Å². The Balaban J connectivity index is 2.53. The lowest BCUT2D eigenvalue weighted by Gasteiger charge is -2.30. The Labute approximate surface area is 92.0 Å². The molecule has 0 aromatic carbocycles. The van der Waals surface area contributed by atoms with Crippen LogP contribution in [0.15, 0.2) is 0 Å². The maximum Gasteiger partial charge on any atom is 0.152 e. The van der Waals surface area contributed by atoms with Gasteiger partial charge in [0, 0.05) is 12.1 Å². The van der Waals surface area contributed by atoms with E-state index in [4.69, 9.17) is 0 Å². The molecule has 0 aromatic rings. The molecule has 90 valence electrons. The molecule has 0 bridgehead atoms. The molecule has 0 aromatic heterocycles. The first kappa shape index (κ1) is 12.9. The Morgan fingerprint density at radius 1 is 1.53 bits per heavy atom. The molecule has 4 nitrogen and oxygen atoms in total. The standard InChI is InChI=1S/C10H21NO3S/c1-4-10(3,12)7-11-9(2)5-6-15(13,14)8-9/h11-12H,4-8H2,1-3H3. The number of hydrogen-bond donors (Lipinski definition) is 2. The fourth-order valence-corrected chi connectivity index (χ4v) is 3.80. The molecule has 1 aliphatic heterocycles.